The second-order valence-corrected chi connectivity index (χ2v) is 4.32. The van der Waals surface area contributed by atoms with Gasteiger partial charge in [0.15, 0.2) is 0 Å². The predicted octanol–water partition coefficient (Wildman–Crippen LogP) is 2.72. The van der Waals surface area contributed by atoms with Crippen molar-refractivity contribution in [3.05, 3.63) is 71.6 Å². The summed E-state index contributed by atoms with van der Waals surface area (Å²) in [6.07, 6.45) is 6.70. The van der Waals surface area contributed by atoms with Crippen LogP contribution in [0.15, 0.2) is 54.9 Å². The van der Waals surface area contributed by atoms with E-state index >= 15 is 0 Å². The van der Waals surface area contributed by atoms with Gasteiger partial charge in [0.05, 0.1) is 0 Å². The van der Waals surface area contributed by atoms with Crippen LogP contribution in [0.2, 0.25) is 0 Å². The molecule has 0 aliphatic heterocycles. The van der Waals surface area contributed by atoms with E-state index in [0.29, 0.717) is 6.54 Å². The van der Waals surface area contributed by atoms with Gasteiger partial charge in [-0.05, 0) is 36.3 Å². The van der Waals surface area contributed by atoms with Gasteiger partial charge in [-0.25, -0.2) is 0 Å². The zero-order valence-electron chi connectivity index (χ0n) is 10.8. The van der Waals surface area contributed by atoms with Gasteiger partial charge in [0, 0.05) is 25.0 Å². The topological polar surface area (TPSA) is 42.0 Å². The first-order valence-electron chi connectivity index (χ1n) is 6.15. The molecule has 0 bridgehead atoms. The van der Waals surface area contributed by atoms with Crippen LogP contribution in [-0.2, 0) is 11.3 Å². The van der Waals surface area contributed by atoms with Crippen LogP contribution in [0.4, 0.5) is 0 Å². The lowest BCUT2D eigenvalue weighted by Crippen LogP contribution is -2.20. The Kier molecular flexibility index (Phi) is 4.45. The zero-order valence-corrected chi connectivity index (χ0v) is 10.8. The lowest BCUT2D eigenvalue weighted by Gasteiger charge is -2.02. The zero-order chi connectivity index (χ0) is 13.5. The molecule has 1 heterocycles. The highest BCUT2D eigenvalue weighted by Crippen LogP contribution is 2.03. The minimum atomic E-state index is -0.0996. The summed E-state index contributed by atoms with van der Waals surface area (Å²) in [5.74, 6) is -0.0996. The van der Waals surface area contributed by atoms with Gasteiger partial charge in [-0.15, -0.1) is 0 Å². The van der Waals surface area contributed by atoms with Crippen LogP contribution in [0.3, 0.4) is 0 Å². The van der Waals surface area contributed by atoms with E-state index in [-0.39, 0.29) is 5.91 Å². The van der Waals surface area contributed by atoms with Crippen LogP contribution in [0, 0.1) is 6.92 Å². The van der Waals surface area contributed by atoms with Crippen molar-refractivity contribution in [2.45, 2.75) is 13.5 Å². The Morgan fingerprint density at radius 3 is 2.53 bits per heavy atom. The van der Waals surface area contributed by atoms with E-state index in [4.69, 9.17) is 0 Å². The number of carbonyl (C=O) groups is 1. The molecule has 3 nitrogen and oxygen atoms in total. The molecule has 0 saturated carbocycles. The fourth-order valence-corrected chi connectivity index (χ4v) is 1.60. The number of carbonyl (C=O) groups excluding carboxylic acids is 1. The quantitative estimate of drug-likeness (QED) is 0.850. The summed E-state index contributed by atoms with van der Waals surface area (Å²) in [7, 11) is 0. The molecular weight excluding hydrogens is 236 g/mol. The number of benzene rings is 1. The molecule has 0 saturated heterocycles. The molecule has 1 aromatic carbocycles. The first-order chi connectivity index (χ1) is 9.24. The number of rotatable bonds is 4. The highest BCUT2D eigenvalue weighted by molar-refractivity contribution is 5.91. The van der Waals surface area contributed by atoms with E-state index in [9.17, 15) is 4.79 Å². The van der Waals surface area contributed by atoms with Gasteiger partial charge in [-0.1, -0.05) is 29.8 Å². The third-order valence-corrected chi connectivity index (χ3v) is 2.72. The normalized spacial score (nSPS) is 10.6. The Hall–Kier alpha value is -2.42. The molecule has 1 N–H and O–H groups in total. The van der Waals surface area contributed by atoms with E-state index in [1.54, 1.807) is 18.5 Å². The molecule has 0 spiro atoms. The molecule has 3 heteroatoms. The Morgan fingerprint density at radius 1 is 1.16 bits per heavy atom. The van der Waals surface area contributed by atoms with Crippen molar-refractivity contribution >= 4 is 12.0 Å². The molecule has 96 valence electrons. The van der Waals surface area contributed by atoms with Crippen molar-refractivity contribution < 1.29 is 4.79 Å². The summed E-state index contributed by atoms with van der Waals surface area (Å²) < 4.78 is 0. The average Bonchev–Trinajstić information content (AvgIpc) is 2.45. The van der Waals surface area contributed by atoms with E-state index in [1.165, 1.54) is 11.6 Å². The largest absolute Gasteiger partial charge is 0.348 e. The van der Waals surface area contributed by atoms with Crippen molar-refractivity contribution in [3.63, 3.8) is 0 Å². The van der Waals surface area contributed by atoms with Gasteiger partial charge in [-0.3, -0.25) is 9.78 Å². The maximum absolute atomic E-state index is 11.6. The monoisotopic (exact) mass is 252 g/mol. The van der Waals surface area contributed by atoms with Crippen LogP contribution in [0.5, 0.6) is 0 Å². The molecule has 1 aromatic heterocycles. The van der Waals surface area contributed by atoms with E-state index in [1.807, 2.05) is 43.3 Å². The van der Waals surface area contributed by atoms with Gasteiger partial charge in [0.1, 0.15) is 0 Å². The Labute approximate surface area is 113 Å². The predicted molar refractivity (Wildman–Crippen MR) is 76.3 cm³/mol. The van der Waals surface area contributed by atoms with Gasteiger partial charge < -0.3 is 5.32 Å². The number of aromatic nitrogens is 1. The van der Waals surface area contributed by atoms with Crippen molar-refractivity contribution in [3.8, 4) is 0 Å². The van der Waals surface area contributed by atoms with Crippen LogP contribution in [0.1, 0.15) is 16.7 Å². The summed E-state index contributed by atoms with van der Waals surface area (Å²) in [5, 5.41) is 2.85. The maximum Gasteiger partial charge on any atom is 0.244 e. The summed E-state index contributed by atoms with van der Waals surface area (Å²) in [5.41, 5.74) is 3.27. The summed E-state index contributed by atoms with van der Waals surface area (Å²) in [4.78, 5) is 15.6. The molecule has 19 heavy (non-hydrogen) atoms. The lowest BCUT2D eigenvalue weighted by atomic mass is 10.1. The molecular formula is C16H16N2O. The highest BCUT2D eigenvalue weighted by Gasteiger charge is 1.96. The van der Waals surface area contributed by atoms with Crippen LogP contribution in [0.25, 0.3) is 6.08 Å². The average molecular weight is 252 g/mol. The SMILES string of the molecule is Cc1ccc(CNC(=O)C=Cc2ccncc2)cc1. The van der Waals surface area contributed by atoms with Crippen molar-refractivity contribution in [1.82, 2.24) is 10.3 Å². The van der Waals surface area contributed by atoms with Gasteiger partial charge >= 0.3 is 0 Å². The lowest BCUT2D eigenvalue weighted by molar-refractivity contribution is -0.116. The van der Waals surface area contributed by atoms with Crippen LogP contribution in [-0.4, -0.2) is 10.9 Å². The number of aryl methyl sites for hydroxylation is 1. The van der Waals surface area contributed by atoms with Crippen LogP contribution < -0.4 is 5.32 Å². The number of pyridine rings is 1. The minimum absolute atomic E-state index is 0.0996. The Morgan fingerprint density at radius 2 is 1.84 bits per heavy atom. The van der Waals surface area contributed by atoms with Crippen LogP contribution >= 0.6 is 0 Å². The number of hydrogen-bond acceptors (Lipinski definition) is 2. The molecule has 2 aromatic rings. The van der Waals surface area contributed by atoms with Crippen molar-refractivity contribution in [1.29, 1.82) is 0 Å². The van der Waals surface area contributed by atoms with Crippen molar-refractivity contribution in [2.24, 2.45) is 0 Å². The maximum atomic E-state index is 11.6. The molecule has 0 aliphatic carbocycles. The number of hydrogen-bond donors (Lipinski definition) is 1. The van der Waals surface area contributed by atoms with Gasteiger partial charge in [0.25, 0.3) is 0 Å². The fourth-order valence-electron chi connectivity index (χ4n) is 1.60. The molecule has 0 fully saturated rings. The third kappa shape index (κ3) is 4.39. The third-order valence-electron chi connectivity index (χ3n) is 2.72. The summed E-state index contributed by atoms with van der Waals surface area (Å²) >= 11 is 0. The first-order valence-corrected chi connectivity index (χ1v) is 6.15. The number of nitrogens with zero attached hydrogens (tertiary/aromatic N) is 1. The van der Waals surface area contributed by atoms with E-state index in [2.05, 4.69) is 10.3 Å². The standard InChI is InChI=1S/C16H16N2O/c1-13-2-4-15(5-3-13)12-18-16(19)7-6-14-8-10-17-11-9-14/h2-11H,12H2,1H3,(H,18,19). The van der Waals surface area contributed by atoms with Gasteiger partial charge in [0.2, 0.25) is 5.91 Å². The van der Waals surface area contributed by atoms with E-state index < -0.39 is 0 Å². The molecule has 0 radical (unpaired) electrons. The van der Waals surface area contributed by atoms with E-state index in [0.717, 1.165) is 11.1 Å². The second kappa shape index (κ2) is 6.50. The molecule has 2 rings (SSSR count). The smallest absolute Gasteiger partial charge is 0.244 e. The molecule has 0 unspecified atom stereocenters. The molecule has 0 atom stereocenters. The Balaban J connectivity index is 1.85. The minimum Gasteiger partial charge on any atom is -0.348 e. The molecule has 1 amide bonds. The fraction of sp³-hybridized carbons (Fsp3) is 0.125. The summed E-state index contributed by atoms with van der Waals surface area (Å²) in [6, 6.07) is 11.8. The Bertz CT molecular complexity index is 559. The number of amides is 1. The summed E-state index contributed by atoms with van der Waals surface area (Å²) in [6.45, 7) is 2.58. The molecule has 0 aliphatic rings. The second-order valence-electron chi connectivity index (χ2n) is 4.32. The number of nitrogens with one attached hydrogen (secondary N) is 1. The highest BCUT2D eigenvalue weighted by atomic mass is 16.1. The first kappa shape index (κ1) is 13.0. The van der Waals surface area contributed by atoms with Crippen molar-refractivity contribution in [2.75, 3.05) is 0 Å². The van der Waals surface area contributed by atoms with Gasteiger partial charge in [-0.2, -0.15) is 0 Å².